The van der Waals surface area contributed by atoms with Crippen molar-refractivity contribution in [2.75, 3.05) is 16.8 Å². The van der Waals surface area contributed by atoms with E-state index in [0.29, 0.717) is 6.54 Å². The number of carbonyl (C=O) groups excluding carboxylic acids is 2. The summed E-state index contributed by atoms with van der Waals surface area (Å²) >= 11 is 3.40. The molecule has 2 aromatic carbocycles. The monoisotopic (exact) mass is 414 g/mol. The number of nitrogens with zero attached hydrogens (tertiary/aromatic N) is 1. The molecule has 5 heteroatoms. The highest BCUT2D eigenvalue weighted by atomic mass is 79.9. The molecule has 0 saturated carbocycles. The Hall–Kier alpha value is -2.14. The minimum atomic E-state index is -0.333. The normalized spacial score (nSPS) is 16.8. The fourth-order valence-electron chi connectivity index (χ4n) is 3.38. The average Bonchev–Trinajstić information content (AvgIpc) is 3.04. The summed E-state index contributed by atoms with van der Waals surface area (Å²) in [4.78, 5) is 26.9. The van der Waals surface area contributed by atoms with Crippen LogP contribution in [0, 0.1) is 5.92 Å². The molecule has 1 atom stereocenters. The molecule has 0 aliphatic carbocycles. The Morgan fingerprint density at radius 1 is 1.12 bits per heavy atom. The molecule has 1 saturated heterocycles. The summed E-state index contributed by atoms with van der Waals surface area (Å²) in [6.45, 7) is 4.58. The van der Waals surface area contributed by atoms with E-state index in [1.807, 2.05) is 42.5 Å². The number of hydrogen-bond donors (Lipinski definition) is 1. The summed E-state index contributed by atoms with van der Waals surface area (Å²) in [7, 11) is 0. The highest BCUT2D eigenvalue weighted by Gasteiger charge is 2.35. The smallest absolute Gasteiger partial charge is 0.229 e. The Kier molecular flexibility index (Phi) is 5.77. The number of nitrogens with one attached hydrogen (secondary N) is 1. The van der Waals surface area contributed by atoms with Crippen molar-refractivity contribution < 1.29 is 9.59 Å². The molecule has 0 spiro atoms. The molecule has 4 nitrogen and oxygen atoms in total. The summed E-state index contributed by atoms with van der Waals surface area (Å²) in [5.41, 5.74) is 4.01. The average molecular weight is 415 g/mol. The van der Waals surface area contributed by atoms with E-state index in [4.69, 9.17) is 0 Å². The van der Waals surface area contributed by atoms with E-state index in [1.165, 1.54) is 0 Å². The molecule has 0 unspecified atom stereocenters. The fraction of sp³-hybridized carbons (Fsp3) is 0.333. The van der Waals surface area contributed by atoms with Crippen molar-refractivity contribution in [3.63, 3.8) is 0 Å². The molecule has 1 aliphatic rings. The lowest BCUT2D eigenvalue weighted by atomic mass is 10.0. The third-order valence-electron chi connectivity index (χ3n) is 4.88. The van der Waals surface area contributed by atoms with Crippen LogP contribution in [-0.4, -0.2) is 18.4 Å². The van der Waals surface area contributed by atoms with E-state index in [9.17, 15) is 9.59 Å². The van der Waals surface area contributed by atoms with Gasteiger partial charge in [-0.2, -0.15) is 0 Å². The molecule has 0 radical (unpaired) electrons. The van der Waals surface area contributed by atoms with Crippen LogP contribution in [0.25, 0.3) is 0 Å². The summed E-state index contributed by atoms with van der Waals surface area (Å²) in [5.74, 6) is -0.415. The second-order valence-corrected chi connectivity index (χ2v) is 7.45. The summed E-state index contributed by atoms with van der Waals surface area (Å²) in [6.07, 6.45) is 1.97. The summed E-state index contributed by atoms with van der Waals surface area (Å²) in [5, 5.41) is 3.10. The zero-order valence-corrected chi connectivity index (χ0v) is 16.7. The van der Waals surface area contributed by atoms with Crippen LogP contribution >= 0.6 is 15.9 Å². The lowest BCUT2D eigenvalue weighted by Crippen LogP contribution is -2.28. The van der Waals surface area contributed by atoms with E-state index in [0.717, 1.165) is 39.8 Å². The molecule has 1 fully saturated rings. The Bertz CT molecular complexity index is 795. The van der Waals surface area contributed by atoms with Gasteiger partial charge in [-0.3, -0.25) is 9.59 Å². The Morgan fingerprint density at radius 3 is 2.31 bits per heavy atom. The van der Waals surface area contributed by atoms with Crippen LogP contribution in [-0.2, 0) is 22.4 Å². The number of hydrogen-bond acceptors (Lipinski definition) is 2. The van der Waals surface area contributed by atoms with Crippen molar-refractivity contribution in [2.24, 2.45) is 5.92 Å². The molecule has 3 rings (SSSR count). The van der Waals surface area contributed by atoms with Crippen molar-refractivity contribution in [1.82, 2.24) is 0 Å². The molecular weight excluding hydrogens is 392 g/mol. The third-order valence-corrected chi connectivity index (χ3v) is 5.41. The summed E-state index contributed by atoms with van der Waals surface area (Å²) in [6, 6.07) is 13.7. The van der Waals surface area contributed by atoms with Crippen LogP contribution in [0.1, 0.15) is 31.4 Å². The van der Waals surface area contributed by atoms with Gasteiger partial charge in [0.15, 0.2) is 0 Å². The van der Waals surface area contributed by atoms with Crippen LogP contribution in [0.15, 0.2) is 46.9 Å². The highest BCUT2D eigenvalue weighted by Crippen LogP contribution is 2.29. The van der Waals surface area contributed by atoms with E-state index in [2.05, 4.69) is 35.1 Å². The number of benzene rings is 2. The van der Waals surface area contributed by atoms with Crippen molar-refractivity contribution >= 4 is 39.1 Å². The number of carbonyl (C=O) groups is 2. The van der Waals surface area contributed by atoms with Gasteiger partial charge < -0.3 is 10.2 Å². The minimum absolute atomic E-state index is 0.00744. The predicted molar refractivity (Wildman–Crippen MR) is 108 cm³/mol. The van der Waals surface area contributed by atoms with Gasteiger partial charge in [0.1, 0.15) is 0 Å². The molecule has 0 bridgehead atoms. The first-order chi connectivity index (χ1) is 12.5. The Labute approximate surface area is 162 Å². The van der Waals surface area contributed by atoms with E-state index >= 15 is 0 Å². The molecule has 2 aromatic rings. The van der Waals surface area contributed by atoms with Gasteiger partial charge in [0.25, 0.3) is 0 Å². The maximum atomic E-state index is 12.8. The van der Waals surface area contributed by atoms with Crippen LogP contribution in [0.2, 0.25) is 0 Å². The quantitative estimate of drug-likeness (QED) is 0.778. The topological polar surface area (TPSA) is 49.4 Å². The van der Waals surface area contributed by atoms with Gasteiger partial charge in [-0.1, -0.05) is 48.0 Å². The first-order valence-corrected chi connectivity index (χ1v) is 9.80. The minimum Gasteiger partial charge on any atom is -0.325 e. The van der Waals surface area contributed by atoms with Crippen molar-refractivity contribution in [3.05, 3.63) is 58.1 Å². The van der Waals surface area contributed by atoms with Gasteiger partial charge in [-0.15, -0.1) is 0 Å². The summed E-state index contributed by atoms with van der Waals surface area (Å²) < 4.78 is 0.963. The van der Waals surface area contributed by atoms with Crippen molar-refractivity contribution in [1.29, 1.82) is 0 Å². The van der Waals surface area contributed by atoms with Gasteiger partial charge in [-0.25, -0.2) is 0 Å². The molecular formula is C21H23BrN2O2. The second kappa shape index (κ2) is 8.04. The molecule has 26 heavy (non-hydrogen) atoms. The molecule has 1 N–H and O–H groups in total. The molecule has 1 heterocycles. The van der Waals surface area contributed by atoms with Gasteiger partial charge in [-0.05, 0) is 48.2 Å². The number of amides is 2. The van der Waals surface area contributed by atoms with Gasteiger partial charge in [0.05, 0.1) is 5.92 Å². The van der Waals surface area contributed by atoms with E-state index in [-0.39, 0.29) is 24.2 Å². The van der Waals surface area contributed by atoms with E-state index < -0.39 is 0 Å². The number of rotatable bonds is 5. The highest BCUT2D eigenvalue weighted by molar-refractivity contribution is 9.10. The standard InChI is InChI=1S/C21H23BrN2O2/c1-3-14-6-5-7-15(4-2)20(14)23-21(26)16-12-19(25)24(13-16)18-10-8-17(22)9-11-18/h5-11,16H,3-4,12-13H2,1-2H3,(H,23,26)/t16-/m1/s1. The first kappa shape index (κ1) is 18.6. The SMILES string of the molecule is CCc1cccc(CC)c1NC(=O)[C@@H]1CC(=O)N(c2ccc(Br)cc2)C1. The lowest BCUT2D eigenvalue weighted by molar-refractivity contribution is -0.122. The maximum absolute atomic E-state index is 12.8. The molecule has 1 aliphatic heterocycles. The molecule has 136 valence electrons. The van der Waals surface area contributed by atoms with Crippen LogP contribution in [0.5, 0.6) is 0 Å². The molecule has 2 amide bonds. The number of anilines is 2. The van der Waals surface area contributed by atoms with Crippen LogP contribution < -0.4 is 10.2 Å². The van der Waals surface area contributed by atoms with Gasteiger partial charge in [0, 0.05) is 28.8 Å². The Morgan fingerprint density at radius 2 is 1.73 bits per heavy atom. The van der Waals surface area contributed by atoms with Gasteiger partial charge >= 0.3 is 0 Å². The van der Waals surface area contributed by atoms with Crippen molar-refractivity contribution in [2.45, 2.75) is 33.1 Å². The van der Waals surface area contributed by atoms with Crippen molar-refractivity contribution in [3.8, 4) is 0 Å². The first-order valence-electron chi connectivity index (χ1n) is 9.01. The number of para-hydroxylation sites is 1. The lowest BCUT2D eigenvalue weighted by Gasteiger charge is -2.18. The van der Waals surface area contributed by atoms with Crippen LogP contribution in [0.4, 0.5) is 11.4 Å². The number of halogens is 1. The third kappa shape index (κ3) is 3.83. The van der Waals surface area contributed by atoms with Gasteiger partial charge in [0.2, 0.25) is 11.8 Å². The predicted octanol–water partition coefficient (Wildman–Crippen LogP) is 4.57. The zero-order chi connectivity index (χ0) is 18.7. The number of aryl methyl sites for hydroxylation is 2. The Balaban J connectivity index is 1.76. The maximum Gasteiger partial charge on any atom is 0.229 e. The van der Waals surface area contributed by atoms with E-state index in [1.54, 1.807) is 4.90 Å². The zero-order valence-electron chi connectivity index (χ0n) is 15.1. The van der Waals surface area contributed by atoms with Crippen LogP contribution in [0.3, 0.4) is 0 Å². The fourth-order valence-corrected chi connectivity index (χ4v) is 3.65. The second-order valence-electron chi connectivity index (χ2n) is 6.53. The molecule has 0 aromatic heterocycles. The largest absolute Gasteiger partial charge is 0.325 e.